The van der Waals surface area contributed by atoms with Gasteiger partial charge in [0.1, 0.15) is 5.82 Å². The van der Waals surface area contributed by atoms with E-state index in [4.69, 9.17) is 0 Å². The summed E-state index contributed by atoms with van der Waals surface area (Å²) in [7, 11) is 0. The van der Waals surface area contributed by atoms with Crippen molar-refractivity contribution in [2.75, 3.05) is 37.6 Å². The molecule has 1 fully saturated rings. The van der Waals surface area contributed by atoms with Gasteiger partial charge in [-0.1, -0.05) is 24.3 Å². The van der Waals surface area contributed by atoms with Gasteiger partial charge in [-0.15, -0.1) is 0 Å². The van der Waals surface area contributed by atoms with Gasteiger partial charge in [-0.3, -0.25) is 4.79 Å². The molecule has 0 spiro atoms. The minimum absolute atomic E-state index is 0.0519. The molecule has 1 saturated heterocycles. The number of benzene rings is 2. The van der Waals surface area contributed by atoms with Gasteiger partial charge in [-0.05, 0) is 43.2 Å². The fourth-order valence-electron chi connectivity index (χ4n) is 3.17. The number of ketones is 1. The zero-order chi connectivity index (χ0) is 19.2. The molecule has 0 aliphatic carbocycles. The van der Waals surface area contributed by atoms with Crippen LogP contribution in [0.2, 0.25) is 0 Å². The Bertz CT molecular complexity index is 799. The minimum atomic E-state index is -0.255. The Hall–Kier alpha value is -2.89. The third kappa shape index (κ3) is 5.06. The maximum Gasteiger partial charge on any atom is 0.317 e. The summed E-state index contributed by atoms with van der Waals surface area (Å²) in [6.45, 7) is 4.80. The van der Waals surface area contributed by atoms with Crippen molar-refractivity contribution < 1.29 is 14.0 Å². The SMILES string of the molecule is CC(=O)c1cccc(N2CCN(C(=O)NCCc3ccc(F)cc3)CC2)c1. The number of rotatable bonds is 5. The number of urea groups is 1. The van der Waals surface area contributed by atoms with E-state index >= 15 is 0 Å². The molecule has 0 unspecified atom stereocenters. The molecule has 142 valence electrons. The number of nitrogens with zero attached hydrogens (tertiary/aromatic N) is 2. The molecule has 1 aliphatic rings. The number of hydrogen-bond donors (Lipinski definition) is 1. The highest BCUT2D eigenvalue weighted by molar-refractivity contribution is 5.95. The van der Waals surface area contributed by atoms with E-state index in [0.29, 0.717) is 31.6 Å². The molecule has 1 N–H and O–H groups in total. The molecule has 0 atom stereocenters. The number of carbonyl (C=O) groups is 2. The Morgan fingerprint density at radius 3 is 2.41 bits per heavy atom. The van der Waals surface area contributed by atoms with Gasteiger partial charge in [0, 0.05) is 44.0 Å². The van der Waals surface area contributed by atoms with Crippen molar-refractivity contribution in [1.29, 1.82) is 0 Å². The van der Waals surface area contributed by atoms with Crippen LogP contribution >= 0.6 is 0 Å². The fraction of sp³-hybridized carbons (Fsp3) is 0.333. The molecule has 0 aromatic heterocycles. The van der Waals surface area contributed by atoms with Crippen LogP contribution in [0.4, 0.5) is 14.9 Å². The van der Waals surface area contributed by atoms with Crippen molar-refractivity contribution in [3.8, 4) is 0 Å². The van der Waals surface area contributed by atoms with Crippen LogP contribution in [0.15, 0.2) is 48.5 Å². The molecule has 0 bridgehead atoms. The van der Waals surface area contributed by atoms with Gasteiger partial charge in [-0.2, -0.15) is 0 Å². The lowest BCUT2D eigenvalue weighted by Crippen LogP contribution is -2.52. The van der Waals surface area contributed by atoms with Crippen LogP contribution in [0, 0.1) is 5.82 Å². The van der Waals surface area contributed by atoms with Gasteiger partial charge in [0.2, 0.25) is 0 Å². The van der Waals surface area contributed by atoms with Gasteiger partial charge in [0.05, 0.1) is 0 Å². The zero-order valence-corrected chi connectivity index (χ0v) is 15.5. The molecule has 27 heavy (non-hydrogen) atoms. The standard InChI is InChI=1S/C21H24FN3O2/c1-16(26)18-3-2-4-20(15-18)24-11-13-25(14-12-24)21(27)23-10-9-17-5-7-19(22)8-6-17/h2-8,15H,9-14H2,1H3,(H,23,27). The van der Waals surface area contributed by atoms with Crippen molar-refractivity contribution in [3.05, 3.63) is 65.5 Å². The van der Waals surface area contributed by atoms with E-state index < -0.39 is 0 Å². The van der Waals surface area contributed by atoms with Crippen LogP contribution in [0.5, 0.6) is 0 Å². The highest BCUT2D eigenvalue weighted by Crippen LogP contribution is 2.18. The van der Waals surface area contributed by atoms with Crippen molar-refractivity contribution >= 4 is 17.5 Å². The summed E-state index contributed by atoms with van der Waals surface area (Å²) >= 11 is 0. The lowest BCUT2D eigenvalue weighted by molar-refractivity contribution is 0.101. The van der Waals surface area contributed by atoms with E-state index in [1.54, 1.807) is 24.0 Å². The third-order valence-corrected chi connectivity index (χ3v) is 4.79. The molecule has 0 radical (unpaired) electrons. The summed E-state index contributed by atoms with van der Waals surface area (Å²) in [6.07, 6.45) is 0.670. The molecule has 6 heteroatoms. The van der Waals surface area contributed by atoms with E-state index in [9.17, 15) is 14.0 Å². The van der Waals surface area contributed by atoms with Crippen LogP contribution < -0.4 is 10.2 Å². The van der Waals surface area contributed by atoms with Crippen LogP contribution in [-0.4, -0.2) is 49.4 Å². The summed E-state index contributed by atoms with van der Waals surface area (Å²) < 4.78 is 12.9. The van der Waals surface area contributed by atoms with E-state index in [-0.39, 0.29) is 17.6 Å². The summed E-state index contributed by atoms with van der Waals surface area (Å²) in [6, 6.07) is 13.8. The predicted octanol–water partition coefficient (Wildman–Crippen LogP) is 3.10. The topological polar surface area (TPSA) is 52.7 Å². The lowest BCUT2D eigenvalue weighted by atomic mass is 10.1. The van der Waals surface area contributed by atoms with Crippen molar-refractivity contribution in [2.45, 2.75) is 13.3 Å². The average molecular weight is 369 g/mol. The molecular formula is C21H24FN3O2. The largest absolute Gasteiger partial charge is 0.368 e. The number of nitrogens with one attached hydrogen (secondary N) is 1. The van der Waals surface area contributed by atoms with Gasteiger partial charge in [-0.25, -0.2) is 9.18 Å². The van der Waals surface area contributed by atoms with E-state index in [2.05, 4.69) is 10.2 Å². The molecule has 1 heterocycles. The molecule has 1 aliphatic heterocycles. The Morgan fingerprint density at radius 1 is 1.04 bits per heavy atom. The van der Waals surface area contributed by atoms with Gasteiger partial charge >= 0.3 is 6.03 Å². The number of carbonyl (C=O) groups excluding carboxylic acids is 2. The monoisotopic (exact) mass is 369 g/mol. The normalized spacial score (nSPS) is 14.1. The molecule has 2 aromatic rings. The van der Waals surface area contributed by atoms with Crippen LogP contribution in [0.1, 0.15) is 22.8 Å². The number of amides is 2. The minimum Gasteiger partial charge on any atom is -0.368 e. The summed E-state index contributed by atoms with van der Waals surface area (Å²) in [4.78, 5) is 27.9. The second-order valence-corrected chi connectivity index (χ2v) is 6.69. The number of hydrogen-bond acceptors (Lipinski definition) is 3. The highest BCUT2D eigenvalue weighted by Gasteiger charge is 2.21. The van der Waals surface area contributed by atoms with Gasteiger partial charge in [0.15, 0.2) is 5.78 Å². The fourth-order valence-corrected chi connectivity index (χ4v) is 3.17. The molecule has 2 aromatic carbocycles. The Labute approximate surface area is 158 Å². The average Bonchev–Trinajstić information content (AvgIpc) is 2.69. The first-order valence-corrected chi connectivity index (χ1v) is 9.16. The van der Waals surface area contributed by atoms with Crippen LogP contribution in [-0.2, 0) is 6.42 Å². The molecule has 3 rings (SSSR count). The second-order valence-electron chi connectivity index (χ2n) is 6.69. The number of halogens is 1. The van der Waals surface area contributed by atoms with E-state index in [1.807, 2.05) is 24.3 Å². The number of piperazine rings is 1. The van der Waals surface area contributed by atoms with Gasteiger partial charge < -0.3 is 15.1 Å². The van der Waals surface area contributed by atoms with E-state index in [1.165, 1.54) is 12.1 Å². The Kier molecular flexibility index (Phi) is 6.06. The van der Waals surface area contributed by atoms with Crippen LogP contribution in [0.25, 0.3) is 0 Å². The lowest BCUT2D eigenvalue weighted by Gasteiger charge is -2.36. The predicted molar refractivity (Wildman–Crippen MR) is 104 cm³/mol. The van der Waals surface area contributed by atoms with Crippen molar-refractivity contribution in [1.82, 2.24) is 10.2 Å². The Morgan fingerprint density at radius 2 is 1.74 bits per heavy atom. The first kappa shape index (κ1) is 18.9. The second kappa shape index (κ2) is 8.66. The molecule has 0 saturated carbocycles. The molecule has 2 amide bonds. The highest BCUT2D eigenvalue weighted by atomic mass is 19.1. The first-order valence-electron chi connectivity index (χ1n) is 9.16. The van der Waals surface area contributed by atoms with Crippen LogP contribution in [0.3, 0.4) is 0 Å². The quantitative estimate of drug-likeness (QED) is 0.824. The first-order chi connectivity index (χ1) is 13.0. The Balaban J connectivity index is 1.45. The maximum absolute atomic E-state index is 12.9. The number of Topliss-reactive ketones (excluding diaryl/α,β-unsaturated/α-hetero) is 1. The maximum atomic E-state index is 12.9. The molecular weight excluding hydrogens is 345 g/mol. The molecule has 5 nitrogen and oxygen atoms in total. The van der Waals surface area contributed by atoms with Crippen molar-refractivity contribution in [2.24, 2.45) is 0 Å². The zero-order valence-electron chi connectivity index (χ0n) is 15.5. The third-order valence-electron chi connectivity index (χ3n) is 4.79. The van der Waals surface area contributed by atoms with Crippen molar-refractivity contribution in [3.63, 3.8) is 0 Å². The number of anilines is 1. The summed E-state index contributed by atoms with van der Waals surface area (Å²) in [5, 5.41) is 2.92. The van der Waals surface area contributed by atoms with E-state index in [0.717, 1.165) is 24.3 Å². The van der Waals surface area contributed by atoms with Gasteiger partial charge in [0.25, 0.3) is 0 Å². The summed E-state index contributed by atoms with van der Waals surface area (Å²) in [5.74, 6) is -0.203. The smallest absolute Gasteiger partial charge is 0.317 e. The summed E-state index contributed by atoms with van der Waals surface area (Å²) in [5.41, 5.74) is 2.71.